The van der Waals surface area contributed by atoms with Crippen molar-refractivity contribution in [3.63, 3.8) is 0 Å². The molecule has 0 bridgehead atoms. The van der Waals surface area contributed by atoms with Crippen LogP contribution in [0.5, 0.6) is 0 Å². The van der Waals surface area contributed by atoms with Crippen molar-refractivity contribution in [2.24, 2.45) is 0 Å². The molecule has 0 saturated carbocycles. The van der Waals surface area contributed by atoms with E-state index in [-0.39, 0.29) is 24.8 Å². The molecule has 1 aliphatic heterocycles. The quantitative estimate of drug-likeness (QED) is 0.769. The molecule has 1 saturated heterocycles. The molecule has 8 heteroatoms. The molecular formula is C15H18ClN3O4. The molecule has 1 aliphatic rings. The number of carbonyl (C=O) groups is 3. The highest BCUT2D eigenvalue weighted by Gasteiger charge is 2.32. The summed E-state index contributed by atoms with van der Waals surface area (Å²) in [7, 11) is 1.26. The van der Waals surface area contributed by atoms with E-state index < -0.39 is 12.0 Å². The first kappa shape index (κ1) is 17.2. The maximum absolute atomic E-state index is 12.1. The number of nitrogens with zero attached hydrogens (tertiary/aromatic N) is 1. The topological polar surface area (TPSA) is 87.7 Å². The van der Waals surface area contributed by atoms with Gasteiger partial charge in [-0.1, -0.05) is 11.6 Å². The molecule has 2 rings (SSSR count). The number of halogens is 1. The average Bonchev–Trinajstić information content (AvgIpc) is 2.52. The van der Waals surface area contributed by atoms with Gasteiger partial charge in [-0.25, -0.2) is 0 Å². The fraction of sp³-hybridized carbons (Fsp3) is 0.400. The number of anilines is 1. The van der Waals surface area contributed by atoms with Crippen LogP contribution in [0.4, 0.5) is 5.69 Å². The zero-order valence-electron chi connectivity index (χ0n) is 12.7. The van der Waals surface area contributed by atoms with Gasteiger partial charge in [0, 0.05) is 23.8 Å². The predicted octanol–water partition coefficient (Wildman–Crippen LogP) is 0.642. The van der Waals surface area contributed by atoms with Gasteiger partial charge in [0.25, 0.3) is 0 Å². The second kappa shape index (κ2) is 7.94. The molecule has 0 spiro atoms. The van der Waals surface area contributed by atoms with Gasteiger partial charge in [0.15, 0.2) is 0 Å². The van der Waals surface area contributed by atoms with Gasteiger partial charge in [-0.05, 0) is 24.3 Å². The number of hydrogen-bond donors (Lipinski definition) is 2. The minimum absolute atomic E-state index is 0.0116. The monoisotopic (exact) mass is 339 g/mol. The molecule has 1 aromatic carbocycles. The first-order valence-corrected chi connectivity index (χ1v) is 7.51. The highest BCUT2D eigenvalue weighted by atomic mass is 35.5. The Morgan fingerprint density at radius 3 is 2.74 bits per heavy atom. The zero-order chi connectivity index (χ0) is 16.8. The minimum Gasteiger partial charge on any atom is -0.469 e. The molecule has 124 valence electrons. The Morgan fingerprint density at radius 1 is 1.39 bits per heavy atom. The lowest BCUT2D eigenvalue weighted by Gasteiger charge is -2.33. The zero-order valence-corrected chi connectivity index (χ0v) is 13.4. The number of carbonyl (C=O) groups excluding carboxylic acids is 3. The van der Waals surface area contributed by atoms with Gasteiger partial charge < -0.3 is 15.4 Å². The van der Waals surface area contributed by atoms with Crippen LogP contribution in [0.1, 0.15) is 6.42 Å². The van der Waals surface area contributed by atoms with Gasteiger partial charge in [0.1, 0.15) is 6.04 Å². The molecule has 0 radical (unpaired) electrons. The summed E-state index contributed by atoms with van der Waals surface area (Å²) in [5, 5.41) is 6.00. The number of ether oxygens (including phenoxy) is 1. The SMILES string of the molecule is COC(=O)C[C@@H]1C(=O)NCCN1CC(=O)Nc1ccc(Cl)cc1. The van der Waals surface area contributed by atoms with Crippen molar-refractivity contribution in [3.05, 3.63) is 29.3 Å². The maximum atomic E-state index is 12.1. The molecule has 1 heterocycles. The number of benzene rings is 1. The summed E-state index contributed by atoms with van der Waals surface area (Å²) in [5.74, 6) is -1.03. The Kier molecular flexibility index (Phi) is 5.95. The summed E-state index contributed by atoms with van der Waals surface area (Å²) in [5.41, 5.74) is 0.616. The van der Waals surface area contributed by atoms with Crippen LogP contribution in [-0.4, -0.2) is 55.5 Å². The highest BCUT2D eigenvalue weighted by molar-refractivity contribution is 6.30. The molecular weight excluding hydrogens is 322 g/mol. The molecule has 0 aromatic heterocycles. The number of methoxy groups -OCH3 is 1. The van der Waals surface area contributed by atoms with E-state index in [1.807, 2.05) is 0 Å². The van der Waals surface area contributed by atoms with Crippen LogP contribution in [0.15, 0.2) is 24.3 Å². The van der Waals surface area contributed by atoms with Crippen molar-refractivity contribution in [3.8, 4) is 0 Å². The fourth-order valence-corrected chi connectivity index (χ4v) is 2.46. The maximum Gasteiger partial charge on any atom is 0.307 e. The van der Waals surface area contributed by atoms with Crippen molar-refractivity contribution < 1.29 is 19.1 Å². The molecule has 7 nitrogen and oxygen atoms in total. The van der Waals surface area contributed by atoms with Crippen molar-refractivity contribution in [1.82, 2.24) is 10.2 Å². The van der Waals surface area contributed by atoms with Gasteiger partial charge in [0.2, 0.25) is 11.8 Å². The van der Waals surface area contributed by atoms with E-state index in [0.29, 0.717) is 23.8 Å². The van der Waals surface area contributed by atoms with Gasteiger partial charge >= 0.3 is 5.97 Å². The van der Waals surface area contributed by atoms with Crippen molar-refractivity contribution in [2.45, 2.75) is 12.5 Å². The number of hydrogen-bond acceptors (Lipinski definition) is 5. The van der Waals surface area contributed by atoms with E-state index >= 15 is 0 Å². The van der Waals surface area contributed by atoms with Crippen LogP contribution < -0.4 is 10.6 Å². The van der Waals surface area contributed by atoms with E-state index in [2.05, 4.69) is 15.4 Å². The molecule has 1 fully saturated rings. The molecule has 0 aliphatic carbocycles. The smallest absolute Gasteiger partial charge is 0.307 e. The summed E-state index contributed by atoms with van der Waals surface area (Å²) < 4.78 is 4.60. The van der Waals surface area contributed by atoms with Crippen molar-refractivity contribution >= 4 is 35.1 Å². The van der Waals surface area contributed by atoms with Crippen molar-refractivity contribution in [2.75, 3.05) is 32.1 Å². The van der Waals surface area contributed by atoms with Crippen LogP contribution in [0.25, 0.3) is 0 Å². The Morgan fingerprint density at radius 2 is 2.09 bits per heavy atom. The van der Waals surface area contributed by atoms with Gasteiger partial charge in [-0.15, -0.1) is 0 Å². The number of esters is 1. The molecule has 1 aromatic rings. The van der Waals surface area contributed by atoms with Gasteiger partial charge in [-0.2, -0.15) is 0 Å². The third-order valence-corrected chi connectivity index (χ3v) is 3.76. The van der Waals surface area contributed by atoms with E-state index in [0.717, 1.165) is 0 Å². The van der Waals surface area contributed by atoms with Crippen LogP contribution in [0.2, 0.25) is 5.02 Å². The lowest BCUT2D eigenvalue weighted by molar-refractivity contribution is -0.146. The van der Waals surface area contributed by atoms with Crippen molar-refractivity contribution in [1.29, 1.82) is 0 Å². The van der Waals surface area contributed by atoms with E-state index in [9.17, 15) is 14.4 Å². The van der Waals surface area contributed by atoms with Crippen LogP contribution in [0.3, 0.4) is 0 Å². The Labute approximate surface area is 138 Å². The standard InChI is InChI=1S/C15H18ClN3O4/c1-23-14(21)8-12-15(22)17-6-7-19(12)9-13(20)18-11-4-2-10(16)3-5-11/h2-5,12H,6-9H2,1H3,(H,17,22)(H,18,20)/t12-/m1/s1. The normalized spacial score (nSPS) is 18.2. The minimum atomic E-state index is -0.702. The van der Waals surface area contributed by atoms with Crippen LogP contribution in [-0.2, 0) is 19.1 Å². The van der Waals surface area contributed by atoms with Crippen LogP contribution >= 0.6 is 11.6 Å². The van der Waals surface area contributed by atoms with E-state index in [1.165, 1.54) is 7.11 Å². The second-order valence-corrected chi connectivity index (χ2v) is 5.55. The first-order chi connectivity index (χ1) is 11.0. The first-order valence-electron chi connectivity index (χ1n) is 7.13. The highest BCUT2D eigenvalue weighted by Crippen LogP contribution is 2.14. The fourth-order valence-electron chi connectivity index (χ4n) is 2.33. The third-order valence-electron chi connectivity index (χ3n) is 3.50. The summed E-state index contributed by atoms with van der Waals surface area (Å²) in [6.07, 6.45) is -0.0867. The predicted molar refractivity (Wildman–Crippen MR) is 85.1 cm³/mol. The molecule has 1 atom stereocenters. The number of nitrogens with one attached hydrogen (secondary N) is 2. The van der Waals surface area contributed by atoms with Gasteiger partial charge in [0.05, 0.1) is 20.1 Å². The largest absolute Gasteiger partial charge is 0.469 e. The molecule has 2 amide bonds. The number of piperazine rings is 1. The lowest BCUT2D eigenvalue weighted by atomic mass is 10.1. The summed E-state index contributed by atoms with van der Waals surface area (Å²) in [6.45, 7) is 0.934. The summed E-state index contributed by atoms with van der Waals surface area (Å²) in [6, 6.07) is 6.02. The molecule has 0 unspecified atom stereocenters. The van der Waals surface area contributed by atoms with E-state index in [4.69, 9.17) is 11.6 Å². The summed E-state index contributed by atoms with van der Waals surface area (Å²) in [4.78, 5) is 37.2. The average molecular weight is 340 g/mol. The molecule has 23 heavy (non-hydrogen) atoms. The Bertz CT molecular complexity index is 591. The Hall–Kier alpha value is -2.12. The number of amides is 2. The Balaban J connectivity index is 1.97. The lowest BCUT2D eigenvalue weighted by Crippen LogP contribution is -2.57. The number of rotatable bonds is 5. The van der Waals surface area contributed by atoms with Gasteiger partial charge in [-0.3, -0.25) is 19.3 Å². The van der Waals surface area contributed by atoms with Crippen LogP contribution in [0, 0.1) is 0 Å². The summed E-state index contributed by atoms with van der Waals surface area (Å²) >= 11 is 5.79. The third kappa shape index (κ3) is 4.94. The van der Waals surface area contributed by atoms with E-state index in [1.54, 1.807) is 29.2 Å². The second-order valence-electron chi connectivity index (χ2n) is 5.11. The molecule has 2 N–H and O–H groups in total.